The largest absolute Gasteiger partial charge is 0.478 e. The summed E-state index contributed by atoms with van der Waals surface area (Å²) in [5.41, 5.74) is -1.03. The van der Waals surface area contributed by atoms with Gasteiger partial charge in [0.15, 0.2) is 5.82 Å². The molecule has 1 fully saturated rings. The van der Waals surface area contributed by atoms with Crippen molar-refractivity contribution in [3.05, 3.63) is 28.0 Å². The number of sulfonamides is 1. The maximum absolute atomic E-state index is 14.1. The van der Waals surface area contributed by atoms with Crippen LogP contribution in [0.3, 0.4) is 0 Å². The Morgan fingerprint density at radius 1 is 1.52 bits per heavy atom. The fraction of sp³-hybridized carbons (Fsp3) is 0.417. The van der Waals surface area contributed by atoms with E-state index in [0.29, 0.717) is 13.2 Å². The third-order valence-corrected chi connectivity index (χ3v) is 4.97. The van der Waals surface area contributed by atoms with Gasteiger partial charge in [0.05, 0.1) is 18.8 Å². The first-order chi connectivity index (χ1) is 9.65. The van der Waals surface area contributed by atoms with Crippen molar-refractivity contribution in [3.63, 3.8) is 0 Å². The van der Waals surface area contributed by atoms with Crippen molar-refractivity contribution in [2.24, 2.45) is 5.41 Å². The molecule has 2 rings (SSSR count). The van der Waals surface area contributed by atoms with Crippen LogP contribution in [0.25, 0.3) is 0 Å². The first-order valence-electron chi connectivity index (χ1n) is 5.94. The zero-order valence-corrected chi connectivity index (χ0v) is 13.4. The maximum atomic E-state index is 14.1. The summed E-state index contributed by atoms with van der Waals surface area (Å²) in [6, 6.07) is 2.04. The predicted molar refractivity (Wildman–Crippen MR) is 75.2 cm³/mol. The summed E-state index contributed by atoms with van der Waals surface area (Å²) in [5, 5.41) is 8.89. The Hall–Kier alpha value is -1.03. The van der Waals surface area contributed by atoms with Crippen LogP contribution in [0, 0.1) is 11.2 Å². The number of carboxylic acids is 1. The molecule has 1 saturated heterocycles. The second-order valence-corrected chi connectivity index (χ2v) is 7.85. The Morgan fingerprint density at radius 3 is 2.62 bits per heavy atom. The van der Waals surface area contributed by atoms with E-state index in [1.54, 1.807) is 0 Å². The monoisotopic (exact) mass is 381 g/mol. The molecule has 116 valence electrons. The Balaban J connectivity index is 2.33. The third kappa shape index (κ3) is 3.42. The van der Waals surface area contributed by atoms with E-state index in [0.717, 1.165) is 12.1 Å². The van der Waals surface area contributed by atoms with E-state index >= 15 is 0 Å². The van der Waals surface area contributed by atoms with Gasteiger partial charge in [0.1, 0.15) is 4.90 Å². The molecule has 1 aliphatic heterocycles. The number of carboxylic acid groups (broad SMARTS) is 1. The van der Waals surface area contributed by atoms with Gasteiger partial charge in [-0.1, -0.05) is 22.9 Å². The van der Waals surface area contributed by atoms with Gasteiger partial charge in [-0.25, -0.2) is 22.3 Å². The molecule has 0 amide bonds. The Bertz CT molecular complexity index is 687. The zero-order chi connectivity index (χ0) is 15.8. The molecule has 6 nitrogen and oxygen atoms in total. The zero-order valence-electron chi connectivity index (χ0n) is 11.0. The summed E-state index contributed by atoms with van der Waals surface area (Å²) in [7, 11) is -4.15. The van der Waals surface area contributed by atoms with Crippen LogP contribution in [-0.4, -0.2) is 39.3 Å². The van der Waals surface area contributed by atoms with Gasteiger partial charge < -0.3 is 9.84 Å². The molecule has 1 aromatic rings. The van der Waals surface area contributed by atoms with E-state index in [-0.39, 0.29) is 16.4 Å². The normalized spacial score (nSPS) is 17.3. The molecule has 0 bridgehead atoms. The highest BCUT2D eigenvalue weighted by atomic mass is 79.9. The van der Waals surface area contributed by atoms with Gasteiger partial charge in [-0.15, -0.1) is 0 Å². The van der Waals surface area contributed by atoms with Gasteiger partial charge in [-0.2, -0.15) is 0 Å². The molecule has 2 N–H and O–H groups in total. The van der Waals surface area contributed by atoms with Gasteiger partial charge >= 0.3 is 5.97 Å². The molecule has 1 aliphatic rings. The molecule has 0 atom stereocenters. The van der Waals surface area contributed by atoms with Crippen LogP contribution in [-0.2, 0) is 14.8 Å². The number of aromatic carboxylic acids is 1. The average Bonchev–Trinajstić information content (AvgIpc) is 2.36. The molecule has 1 heterocycles. The van der Waals surface area contributed by atoms with Gasteiger partial charge in [-0.3, -0.25) is 0 Å². The number of carbonyl (C=O) groups is 1. The first-order valence-corrected chi connectivity index (χ1v) is 8.22. The molecule has 1 aromatic carbocycles. The summed E-state index contributed by atoms with van der Waals surface area (Å²) in [6.07, 6.45) is 0. The van der Waals surface area contributed by atoms with Crippen LogP contribution < -0.4 is 4.72 Å². The second kappa shape index (κ2) is 5.64. The summed E-state index contributed by atoms with van der Waals surface area (Å²) in [5.74, 6) is -2.82. The topological polar surface area (TPSA) is 92.7 Å². The lowest BCUT2D eigenvalue weighted by molar-refractivity contribution is -0.0965. The number of benzene rings is 1. The minimum absolute atomic E-state index is 0.0870. The Kier molecular flexibility index (Phi) is 4.39. The number of hydrogen-bond donors (Lipinski definition) is 2. The quantitative estimate of drug-likeness (QED) is 0.807. The van der Waals surface area contributed by atoms with E-state index in [1.807, 2.05) is 6.92 Å². The predicted octanol–water partition coefficient (Wildman–Crippen LogP) is 1.60. The van der Waals surface area contributed by atoms with Gasteiger partial charge in [0.2, 0.25) is 10.0 Å². The lowest BCUT2D eigenvalue weighted by Gasteiger charge is -2.37. The number of ether oxygens (including phenoxy) is 1. The van der Waals surface area contributed by atoms with Gasteiger partial charge in [0, 0.05) is 16.4 Å². The number of halogens is 2. The maximum Gasteiger partial charge on any atom is 0.338 e. The summed E-state index contributed by atoms with van der Waals surface area (Å²) in [4.78, 5) is 10.2. The van der Waals surface area contributed by atoms with Crippen molar-refractivity contribution in [2.75, 3.05) is 19.8 Å². The number of rotatable bonds is 5. The first kappa shape index (κ1) is 16.3. The second-order valence-electron chi connectivity index (χ2n) is 5.20. The van der Waals surface area contributed by atoms with Crippen molar-refractivity contribution < 1.29 is 27.4 Å². The number of nitrogens with one attached hydrogen (secondary N) is 1. The van der Waals surface area contributed by atoms with Crippen molar-refractivity contribution in [2.45, 2.75) is 11.8 Å². The third-order valence-electron chi connectivity index (χ3n) is 3.11. The molecule has 0 spiro atoms. The van der Waals surface area contributed by atoms with Crippen LogP contribution in [0.5, 0.6) is 0 Å². The van der Waals surface area contributed by atoms with E-state index in [2.05, 4.69) is 20.7 Å². The molecule has 21 heavy (non-hydrogen) atoms. The molecule has 0 saturated carbocycles. The van der Waals surface area contributed by atoms with Crippen LogP contribution in [0.15, 0.2) is 21.5 Å². The van der Waals surface area contributed by atoms with Crippen molar-refractivity contribution in [1.82, 2.24) is 4.72 Å². The highest BCUT2D eigenvalue weighted by Gasteiger charge is 2.35. The molecular weight excluding hydrogens is 369 g/mol. The molecule has 0 aromatic heterocycles. The van der Waals surface area contributed by atoms with E-state index < -0.39 is 32.3 Å². The summed E-state index contributed by atoms with van der Waals surface area (Å²) < 4.78 is 45.9. The van der Waals surface area contributed by atoms with E-state index in [4.69, 9.17) is 9.84 Å². The summed E-state index contributed by atoms with van der Waals surface area (Å²) in [6.45, 7) is 2.75. The standard InChI is InChI=1S/C12H13BrFNO5S/c1-12(5-20-6-12)4-15-21(18,19)9-3-7(13)2-8(10(9)14)11(16)17/h2-3,15H,4-6H2,1H3,(H,16,17). The molecule has 0 unspecified atom stereocenters. The van der Waals surface area contributed by atoms with E-state index in [1.165, 1.54) is 0 Å². The van der Waals surface area contributed by atoms with Gasteiger partial charge in [0.25, 0.3) is 0 Å². The van der Waals surface area contributed by atoms with Crippen LogP contribution in [0.4, 0.5) is 4.39 Å². The van der Waals surface area contributed by atoms with Crippen molar-refractivity contribution >= 4 is 31.9 Å². The lowest BCUT2D eigenvalue weighted by Crippen LogP contribution is -2.48. The smallest absolute Gasteiger partial charge is 0.338 e. The fourth-order valence-corrected chi connectivity index (χ4v) is 3.75. The minimum Gasteiger partial charge on any atom is -0.478 e. The minimum atomic E-state index is -4.15. The molecule has 9 heteroatoms. The van der Waals surface area contributed by atoms with Crippen LogP contribution in [0.1, 0.15) is 17.3 Å². The van der Waals surface area contributed by atoms with Crippen molar-refractivity contribution in [3.8, 4) is 0 Å². The highest BCUT2D eigenvalue weighted by molar-refractivity contribution is 9.10. The average molecular weight is 382 g/mol. The van der Waals surface area contributed by atoms with Crippen LogP contribution in [0.2, 0.25) is 0 Å². The fourth-order valence-electron chi connectivity index (χ4n) is 1.81. The molecule has 0 aliphatic carbocycles. The Labute approximate surface area is 129 Å². The molecular formula is C12H13BrFNO5S. The SMILES string of the molecule is CC1(CNS(=O)(=O)c2cc(Br)cc(C(=O)O)c2F)COC1. The lowest BCUT2D eigenvalue weighted by atomic mass is 9.89. The summed E-state index contributed by atoms with van der Waals surface area (Å²) >= 11 is 2.98. The van der Waals surface area contributed by atoms with E-state index in [9.17, 15) is 17.6 Å². The number of hydrogen-bond acceptors (Lipinski definition) is 4. The van der Waals surface area contributed by atoms with Gasteiger partial charge in [-0.05, 0) is 12.1 Å². The van der Waals surface area contributed by atoms with Crippen molar-refractivity contribution in [1.29, 1.82) is 0 Å². The Morgan fingerprint density at radius 2 is 2.14 bits per heavy atom. The highest BCUT2D eigenvalue weighted by Crippen LogP contribution is 2.27. The molecule has 0 radical (unpaired) electrons. The van der Waals surface area contributed by atoms with Crippen LogP contribution >= 0.6 is 15.9 Å².